The average molecular weight is 505 g/mol. The van der Waals surface area contributed by atoms with E-state index in [1.807, 2.05) is 0 Å². The summed E-state index contributed by atoms with van der Waals surface area (Å²) in [5.41, 5.74) is 0. The summed E-state index contributed by atoms with van der Waals surface area (Å²) < 4.78 is 48.1. The highest BCUT2D eigenvalue weighted by molar-refractivity contribution is 7.48. The van der Waals surface area contributed by atoms with Crippen molar-refractivity contribution in [3.8, 4) is 0 Å². The Bertz CT molecular complexity index is 457. The molecule has 0 spiro atoms. The molecule has 10 heteroatoms. The second-order valence-electron chi connectivity index (χ2n) is 7.59. The Morgan fingerprint density at radius 2 is 0.969 bits per heavy atom. The van der Waals surface area contributed by atoms with E-state index in [2.05, 4.69) is 27.7 Å². The predicted molar refractivity (Wildman–Crippen MR) is 131 cm³/mol. The highest BCUT2D eigenvalue weighted by Crippen LogP contribution is 2.48. The van der Waals surface area contributed by atoms with Crippen LogP contribution in [0.4, 0.5) is 0 Å². The van der Waals surface area contributed by atoms with Gasteiger partial charge in [-0.3, -0.25) is 22.6 Å². The fourth-order valence-corrected chi connectivity index (χ4v) is 4.86. The largest absolute Gasteiger partial charge is 0.474 e. The van der Waals surface area contributed by atoms with Crippen LogP contribution in [0.25, 0.3) is 0 Å². The first-order valence-corrected chi connectivity index (χ1v) is 15.3. The number of unbranched alkanes of at least 4 members (excludes halogenated alkanes) is 2. The molecule has 0 heterocycles. The van der Waals surface area contributed by atoms with E-state index in [1.54, 1.807) is 20.8 Å². The van der Waals surface area contributed by atoms with Crippen LogP contribution in [0.2, 0.25) is 0 Å². The number of hydrogen-bond acceptors (Lipinski definition) is 7. The molecule has 0 aromatic rings. The Labute approximate surface area is 197 Å². The van der Waals surface area contributed by atoms with Crippen LogP contribution < -0.4 is 0 Å². The molecule has 0 aliphatic rings. The van der Waals surface area contributed by atoms with Crippen LogP contribution in [-0.4, -0.2) is 37.9 Å². The first-order chi connectivity index (χ1) is 15.2. The lowest BCUT2D eigenvalue weighted by atomic mass is 10.0. The van der Waals surface area contributed by atoms with Crippen molar-refractivity contribution in [1.82, 2.24) is 0 Å². The number of phosphoric ester groups is 2. The van der Waals surface area contributed by atoms with E-state index in [0.29, 0.717) is 44.9 Å². The smallest absolute Gasteiger partial charge is 0.302 e. The molecule has 32 heavy (non-hydrogen) atoms. The van der Waals surface area contributed by atoms with Crippen molar-refractivity contribution >= 4 is 15.6 Å². The van der Waals surface area contributed by atoms with Gasteiger partial charge in [0.15, 0.2) is 0 Å². The van der Waals surface area contributed by atoms with E-state index in [4.69, 9.17) is 22.6 Å². The second kappa shape index (κ2) is 21.7. The Hall–Kier alpha value is 0.220. The van der Waals surface area contributed by atoms with Gasteiger partial charge >= 0.3 is 15.6 Å². The van der Waals surface area contributed by atoms with Crippen LogP contribution in [0.15, 0.2) is 0 Å². The van der Waals surface area contributed by atoms with Crippen LogP contribution in [0.3, 0.4) is 0 Å². The Morgan fingerprint density at radius 1 is 0.625 bits per heavy atom. The van der Waals surface area contributed by atoms with Crippen LogP contribution in [0.5, 0.6) is 0 Å². The molecule has 2 atom stereocenters. The van der Waals surface area contributed by atoms with Crippen molar-refractivity contribution in [2.45, 2.75) is 99.8 Å². The van der Waals surface area contributed by atoms with Gasteiger partial charge in [0.2, 0.25) is 0 Å². The van der Waals surface area contributed by atoms with Gasteiger partial charge in [0.1, 0.15) is 0 Å². The third-order valence-electron chi connectivity index (χ3n) is 4.89. The highest BCUT2D eigenvalue weighted by Gasteiger charge is 2.25. The predicted octanol–water partition coefficient (Wildman–Crippen LogP) is 7.76. The molecule has 0 aromatic heterocycles. The van der Waals surface area contributed by atoms with E-state index in [0.717, 1.165) is 51.4 Å². The maximum Gasteiger partial charge on any atom is 0.474 e. The minimum atomic E-state index is -3.89. The number of hydrogen-bond donors (Lipinski definition) is 1. The maximum absolute atomic E-state index is 11.9. The fourth-order valence-electron chi connectivity index (χ4n) is 2.82. The van der Waals surface area contributed by atoms with Gasteiger partial charge in [0.25, 0.3) is 0 Å². The first kappa shape index (κ1) is 34.4. The van der Waals surface area contributed by atoms with Crippen molar-refractivity contribution < 1.29 is 36.6 Å². The minimum Gasteiger partial charge on any atom is -0.302 e. The second-order valence-corrected chi connectivity index (χ2v) is 10.7. The molecule has 0 bridgehead atoms. The van der Waals surface area contributed by atoms with Crippen molar-refractivity contribution in [3.63, 3.8) is 0 Å². The number of rotatable bonds is 20. The van der Waals surface area contributed by atoms with E-state index in [1.165, 1.54) is 0 Å². The minimum absolute atomic E-state index is 0.316. The molecule has 1 N–H and O–H groups in total. The SMILES string of the molecule is CCCCC(CC)COP(=O)(O)OCC(CC)CCCC.CCOP(=O)(OCC)OCC. The molecule has 0 aliphatic heterocycles. The van der Waals surface area contributed by atoms with Gasteiger partial charge in [-0.25, -0.2) is 9.13 Å². The summed E-state index contributed by atoms with van der Waals surface area (Å²) in [6.07, 6.45) is 8.56. The summed E-state index contributed by atoms with van der Waals surface area (Å²) in [6.45, 7) is 15.3. The zero-order valence-electron chi connectivity index (χ0n) is 21.5. The lowest BCUT2D eigenvalue weighted by molar-refractivity contribution is 0.110. The van der Waals surface area contributed by atoms with E-state index in [9.17, 15) is 14.0 Å². The Morgan fingerprint density at radius 3 is 1.22 bits per heavy atom. The molecule has 0 saturated carbocycles. The molecular weight excluding hydrogens is 454 g/mol. The molecule has 0 radical (unpaired) electrons. The van der Waals surface area contributed by atoms with Crippen molar-refractivity contribution in [2.24, 2.45) is 11.8 Å². The molecular formula is C22H50O8P2. The van der Waals surface area contributed by atoms with Gasteiger partial charge < -0.3 is 4.89 Å². The van der Waals surface area contributed by atoms with Crippen molar-refractivity contribution in [1.29, 1.82) is 0 Å². The monoisotopic (exact) mass is 504 g/mol. The van der Waals surface area contributed by atoms with Gasteiger partial charge in [-0.2, -0.15) is 0 Å². The zero-order chi connectivity index (χ0) is 24.9. The quantitative estimate of drug-likeness (QED) is 0.168. The summed E-state index contributed by atoms with van der Waals surface area (Å²) in [5.74, 6) is 0.687. The Kier molecular flexibility index (Phi) is 23.4. The summed E-state index contributed by atoms with van der Waals surface area (Å²) in [7, 11) is -7.11. The van der Waals surface area contributed by atoms with E-state index >= 15 is 0 Å². The average Bonchev–Trinajstić information content (AvgIpc) is 2.75. The number of phosphoric acid groups is 2. The molecule has 0 amide bonds. The fraction of sp³-hybridized carbons (Fsp3) is 1.00. The lowest BCUT2D eigenvalue weighted by Gasteiger charge is -2.20. The molecule has 2 unspecified atom stereocenters. The lowest BCUT2D eigenvalue weighted by Crippen LogP contribution is -2.12. The molecule has 0 aromatic carbocycles. The molecule has 0 aliphatic carbocycles. The van der Waals surface area contributed by atoms with Gasteiger partial charge in [0, 0.05) is 0 Å². The molecule has 0 saturated heterocycles. The topological polar surface area (TPSA) is 101 Å². The van der Waals surface area contributed by atoms with Crippen LogP contribution in [0.1, 0.15) is 99.8 Å². The Balaban J connectivity index is 0. The van der Waals surface area contributed by atoms with E-state index < -0.39 is 15.6 Å². The van der Waals surface area contributed by atoms with Crippen molar-refractivity contribution in [2.75, 3.05) is 33.0 Å². The summed E-state index contributed by atoms with van der Waals surface area (Å²) in [6, 6.07) is 0. The molecule has 196 valence electrons. The summed E-state index contributed by atoms with van der Waals surface area (Å²) in [5, 5.41) is 0. The standard InChI is InChI=1S/C16H35O4P.C6H15O4P/c1-5-9-11-15(7-3)13-19-21(17,18)20-14-16(8-4)12-10-6-2;1-4-8-11(7,9-5-2)10-6-3/h15-16H,5-14H2,1-4H3,(H,17,18);4-6H2,1-3H3. The normalized spacial score (nSPS) is 15.5. The van der Waals surface area contributed by atoms with Crippen LogP contribution in [-0.2, 0) is 31.7 Å². The summed E-state index contributed by atoms with van der Waals surface area (Å²) in [4.78, 5) is 9.77. The van der Waals surface area contributed by atoms with Crippen LogP contribution >= 0.6 is 15.6 Å². The third kappa shape index (κ3) is 19.7. The molecule has 8 nitrogen and oxygen atoms in total. The highest BCUT2D eigenvalue weighted by atomic mass is 31.2. The van der Waals surface area contributed by atoms with Gasteiger partial charge in [-0.15, -0.1) is 0 Å². The summed E-state index contributed by atoms with van der Waals surface area (Å²) >= 11 is 0. The third-order valence-corrected chi connectivity index (χ3v) is 7.57. The molecule has 0 rings (SSSR count). The van der Waals surface area contributed by atoms with Gasteiger partial charge in [0.05, 0.1) is 33.0 Å². The maximum atomic E-state index is 11.9. The first-order valence-electron chi connectivity index (χ1n) is 12.3. The molecule has 0 fully saturated rings. The zero-order valence-corrected chi connectivity index (χ0v) is 23.3. The van der Waals surface area contributed by atoms with Crippen molar-refractivity contribution in [3.05, 3.63) is 0 Å². The van der Waals surface area contributed by atoms with E-state index in [-0.39, 0.29) is 0 Å². The van der Waals surface area contributed by atoms with Gasteiger partial charge in [-0.05, 0) is 45.4 Å². The van der Waals surface area contributed by atoms with Crippen LogP contribution in [0, 0.1) is 11.8 Å². The van der Waals surface area contributed by atoms with Gasteiger partial charge in [-0.1, -0.05) is 66.2 Å².